The summed E-state index contributed by atoms with van der Waals surface area (Å²) in [6.45, 7) is 0. The van der Waals surface area contributed by atoms with Crippen LogP contribution in [0.25, 0.3) is 0 Å². The van der Waals surface area contributed by atoms with E-state index >= 15 is 0 Å². The summed E-state index contributed by atoms with van der Waals surface area (Å²) in [7, 11) is 0. The summed E-state index contributed by atoms with van der Waals surface area (Å²) in [6, 6.07) is 4.44. The molecule has 3 aliphatic rings. The lowest BCUT2D eigenvalue weighted by molar-refractivity contribution is -0.123. The van der Waals surface area contributed by atoms with Gasteiger partial charge in [-0.05, 0) is 49.3 Å². The number of nitrogens with zero attached hydrogens (tertiary/aromatic N) is 1. The van der Waals surface area contributed by atoms with Gasteiger partial charge in [0.1, 0.15) is 5.82 Å². The molecule has 4 atom stereocenters. The largest absolute Gasteiger partial charge is 0.274 e. The molecule has 3 nitrogen and oxygen atoms in total. The number of amides is 2. The Morgan fingerprint density at radius 1 is 1.10 bits per heavy atom. The van der Waals surface area contributed by atoms with E-state index in [1.54, 1.807) is 6.07 Å². The van der Waals surface area contributed by atoms with Crippen LogP contribution in [0.5, 0.6) is 0 Å². The first kappa shape index (κ1) is 12.5. The Hall–Kier alpha value is -1.23. The van der Waals surface area contributed by atoms with Gasteiger partial charge in [-0.3, -0.25) is 9.59 Å². The molecule has 1 heterocycles. The molecule has 1 aromatic carbocycles. The van der Waals surface area contributed by atoms with Crippen molar-refractivity contribution < 1.29 is 14.0 Å². The van der Waals surface area contributed by atoms with Crippen LogP contribution in [0.2, 0.25) is 0 Å². The van der Waals surface area contributed by atoms with E-state index in [1.165, 1.54) is 12.1 Å². The fourth-order valence-corrected chi connectivity index (χ4v) is 4.64. The van der Waals surface area contributed by atoms with Crippen molar-refractivity contribution in [1.82, 2.24) is 0 Å². The van der Waals surface area contributed by atoms with E-state index in [2.05, 4.69) is 15.9 Å². The number of rotatable bonds is 1. The van der Waals surface area contributed by atoms with Crippen molar-refractivity contribution in [3.63, 3.8) is 0 Å². The molecule has 4 rings (SSSR count). The molecule has 5 heteroatoms. The number of hydrogen-bond donors (Lipinski definition) is 0. The zero-order chi connectivity index (χ0) is 14.0. The maximum Gasteiger partial charge on any atom is 0.238 e. The van der Waals surface area contributed by atoms with Crippen LogP contribution in [-0.2, 0) is 9.59 Å². The van der Waals surface area contributed by atoms with Gasteiger partial charge in [0, 0.05) is 4.47 Å². The number of carbonyl (C=O) groups excluding carboxylic acids is 2. The first-order valence-corrected chi connectivity index (χ1v) is 7.70. The SMILES string of the molecule is O=C1[C@H]2[C@H]3CC[C@@H](C3)[C@@H]2C(=O)N1c1ccc(Br)cc1F. The maximum absolute atomic E-state index is 14.1. The average molecular weight is 338 g/mol. The lowest BCUT2D eigenvalue weighted by Crippen LogP contribution is -2.33. The highest BCUT2D eigenvalue weighted by atomic mass is 79.9. The Kier molecular flexibility index (Phi) is 2.58. The molecule has 104 valence electrons. The zero-order valence-corrected chi connectivity index (χ0v) is 12.3. The van der Waals surface area contributed by atoms with Gasteiger partial charge in [0.25, 0.3) is 0 Å². The predicted molar refractivity (Wildman–Crippen MR) is 74.4 cm³/mol. The molecule has 0 radical (unpaired) electrons. The number of anilines is 1. The highest BCUT2D eigenvalue weighted by Gasteiger charge is 2.61. The lowest BCUT2D eigenvalue weighted by Gasteiger charge is -2.19. The number of carbonyl (C=O) groups is 2. The van der Waals surface area contributed by atoms with Crippen LogP contribution in [0.4, 0.5) is 10.1 Å². The molecule has 20 heavy (non-hydrogen) atoms. The zero-order valence-electron chi connectivity index (χ0n) is 10.7. The molecule has 1 saturated heterocycles. The third-order valence-corrected chi connectivity index (χ3v) is 5.57. The Balaban J connectivity index is 1.77. The van der Waals surface area contributed by atoms with Gasteiger partial charge in [-0.2, -0.15) is 0 Å². The van der Waals surface area contributed by atoms with Crippen LogP contribution in [0.1, 0.15) is 19.3 Å². The Labute approximate surface area is 124 Å². The molecular formula is C15H13BrFNO2. The van der Waals surface area contributed by atoms with Crippen LogP contribution < -0.4 is 4.90 Å². The monoisotopic (exact) mass is 337 g/mol. The third kappa shape index (κ3) is 1.50. The van der Waals surface area contributed by atoms with Crippen molar-refractivity contribution in [2.75, 3.05) is 4.90 Å². The molecule has 2 amide bonds. The minimum Gasteiger partial charge on any atom is -0.274 e. The van der Waals surface area contributed by atoms with Crippen LogP contribution in [0, 0.1) is 29.5 Å². The maximum atomic E-state index is 14.1. The second kappa shape index (κ2) is 4.13. The summed E-state index contributed by atoms with van der Waals surface area (Å²) >= 11 is 3.18. The first-order chi connectivity index (χ1) is 9.58. The van der Waals surface area contributed by atoms with E-state index in [0.717, 1.165) is 24.2 Å². The Bertz CT molecular complexity index is 604. The van der Waals surface area contributed by atoms with Gasteiger partial charge >= 0.3 is 0 Å². The normalized spacial score (nSPS) is 35.0. The van der Waals surface area contributed by atoms with Crippen molar-refractivity contribution >= 4 is 33.4 Å². The van der Waals surface area contributed by atoms with E-state index < -0.39 is 5.82 Å². The van der Waals surface area contributed by atoms with Gasteiger partial charge in [-0.25, -0.2) is 9.29 Å². The van der Waals surface area contributed by atoms with Crippen molar-refractivity contribution in [3.05, 3.63) is 28.5 Å². The van der Waals surface area contributed by atoms with E-state index in [4.69, 9.17) is 0 Å². The summed E-state index contributed by atoms with van der Waals surface area (Å²) in [4.78, 5) is 26.2. The highest BCUT2D eigenvalue weighted by Crippen LogP contribution is 2.56. The van der Waals surface area contributed by atoms with Crippen molar-refractivity contribution in [2.45, 2.75) is 19.3 Å². The first-order valence-electron chi connectivity index (χ1n) is 6.91. The highest BCUT2D eigenvalue weighted by molar-refractivity contribution is 9.10. The van der Waals surface area contributed by atoms with Crippen molar-refractivity contribution in [3.8, 4) is 0 Å². The molecular weight excluding hydrogens is 325 g/mol. The summed E-state index contributed by atoms with van der Waals surface area (Å²) in [5.41, 5.74) is 0.0944. The van der Waals surface area contributed by atoms with Gasteiger partial charge < -0.3 is 0 Å². The lowest BCUT2D eigenvalue weighted by atomic mass is 9.81. The molecule has 0 spiro atoms. The molecule has 3 fully saturated rings. The van der Waals surface area contributed by atoms with E-state index in [1.807, 2.05) is 0 Å². The van der Waals surface area contributed by atoms with Crippen LogP contribution in [0.15, 0.2) is 22.7 Å². The van der Waals surface area contributed by atoms with Crippen molar-refractivity contribution in [1.29, 1.82) is 0 Å². The molecule has 2 aliphatic carbocycles. The minimum atomic E-state index is -0.534. The topological polar surface area (TPSA) is 37.4 Å². The fourth-order valence-electron chi connectivity index (χ4n) is 4.31. The Morgan fingerprint density at radius 2 is 1.70 bits per heavy atom. The van der Waals surface area contributed by atoms with Crippen LogP contribution in [0.3, 0.4) is 0 Å². The quantitative estimate of drug-likeness (QED) is 0.738. The Morgan fingerprint density at radius 3 is 2.25 bits per heavy atom. The summed E-state index contributed by atoms with van der Waals surface area (Å²) < 4.78 is 14.7. The van der Waals surface area contributed by atoms with Gasteiger partial charge in [-0.15, -0.1) is 0 Å². The molecule has 1 aromatic rings. The molecule has 2 saturated carbocycles. The molecule has 2 bridgehead atoms. The average Bonchev–Trinajstić information content (AvgIpc) is 3.06. The van der Waals surface area contributed by atoms with Gasteiger partial charge in [0.15, 0.2) is 0 Å². The van der Waals surface area contributed by atoms with E-state index in [0.29, 0.717) is 16.3 Å². The second-order valence-corrected chi connectivity index (χ2v) is 6.91. The van der Waals surface area contributed by atoms with E-state index in [-0.39, 0.29) is 29.3 Å². The van der Waals surface area contributed by atoms with Crippen molar-refractivity contribution in [2.24, 2.45) is 23.7 Å². The van der Waals surface area contributed by atoms with Gasteiger partial charge in [-0.1, -0.05) is 15.9 Å². The number of imide groups is 1. The fraction of sp³-hybridized carbons (Fsp3) is 0.467. The standard InChI is InChI=1S/C15H13BrFNO2/c16-9-3-4-11(10(17)6-9)18-14(19)12-7-1-2-8(5-7)13(12)15(18)20/h3-4,6-8,12-13H,1-2,5H2/t7-,8-,12-,13-/m0/s1. The van der Waals surface area contributed by atoms with Crippen LogP contribution in [-0.4, -0.2) is 11.8 Å². The minimum absolute atomic E-state index is 0.0944. The van der Waals surface area contributed by atoms with Crippen LogP contribution >= 0.6 is 15.9 Å². The number of fused-ring (bicyclic) bond motifs is 5. The van der Waals surface area contributed by atoms with Gasteiger partial charge in [0.05, 0.1) is 17.5 Å². The smallest absolute Gasteiger partial charge is 0.238 e. The predicted octanol–water partition coefficient (Wildman–Crippen LogP) is 3.12. The second-order valence-electron chi connectivity index (χ2n) is 5.99. The molecule has 1 aliphatic heterocycles. The number of hydrogen-bond acceptors (Lipinski definition) is 2. The summed E-state index contributed by atoms with van der Waals surface area (Å²) in [6.07, 6.45) is 3.05. The molecule has 0 N–H and O–H groups in total. The number of benzene rings is 1. The third-order valence-electron chi connectivity index (χ3n) is 5.08. The summed E-state index contributed by atoms with van der Waals surface area (Å²) in [5.74, 6) is -0.696. The summed E-state index contributed by atoms with van der Waals surface area (Å²) in [5, 5.41) is 0. The van der Waals surface area contributed by atoms with Gasteiger partial charge in [0.2, 0.25) is 11.8 Å². The molecule has 0 unspecified atom stereocenters. The van der Waals surface area contributed by atoms with E-state index in [9.17, 15) is 14.0 Å². The molecule has 0 aromatic heterocycles. The number of halogens is 2.